The maximum Gasteiger partial charge on any atom is 0.255 e. The van der Waals surface area contributed by atoms with Crippen LogP contribution in [0.1, 0.15) is 45.2 Å². The Morgan fingerprint density at radius 1 is 0.758 bits per heavy atom. The molecule has 3 aromatic carbocycles. The van der Waals surface area contributed by atoms with E-state index in [1.807, 2.05) is 13.0 Å². The van der Waals surface area contributed by atoms with E-state index in [1.165, 1.54) is 0 Å². The minimum Gasteiger partial charge on any atom is -0.322 e. The van der Waals surface area contributed by atoms with Crippen molar-refractivity contribution >= 4 is 38.9 Å². The third kappa shape index (κ3) is 6.20. The highest BCUT2D eigenvalue weighted by atomic mass is 32.2. The number of hydrogen-bond donors (Lipinski definition) is 3. The van der Waals surface area contributed by atoms with Crippen LogP contribution in [-0.2, 0) is 10.0 Å². The molecular weight excluding hydrogens is 438 g/mol. The highest BCUT2D eigenvalue weighted by Gasteiger charge is 2.15. The number of benzene rings is 3. The highest BCUT2D eigenvalue weighted by molar-refractivity contribution is 7.92. The summed E-state index contributed by atoms with van der Waals surface area (Å²) in [5.41, 5.74) is 3.75. The highest BCUT2D eigenvalue weighted by Crippen LogP contribution is 2.26. The van der Waals surface area contributed by atoms with Crippen LogP contribution in [-0.4, -0.2) is 26.0 Å². The van der Waals surface area contributed by atoms with Crippen LogP contribution in [0.3, 0.4) is 0 Å². The molecule has 0 aliphatic rings. The molecule has 3 N–H and O–H groups in total. The van der Waals surface area contributed by atoms with Gasteiger partial charge in [0.1, 0.15) is 0 Å². The molecule has 2 amide bonds. The van der Waals surface area contributed by atoms with E-state index in [0.717, 1.165) is 5.56 Å². The van der Waals surface area contributed by atoms with E-state index >= 15 is 0 Å². The summed E-state index contributed by atoms with van der Waals surface area (Å²) in [6, 6.07) is 18.9. The first-order valence-electron chi connectivity index (χ1n) is 10.6. The first-order valence-corrected chi connectivity index (χ1v) is 12.2. The Morgan fingerprint density at radius 3 is 2.09 bits per heavy atom. The van der Waals surface area contributed by atoms with Crippen LogP contribution in [0, 0.1) is 13.8 Å². The van der Waals surface area contributed by atoms with E-state index in [0.29, 0.717) is 40.2 Å². The quantitative estimate of drug-likeness (QED) is 0.437. The number of sulfonamides is 1. The van der Waals surface area contributed by atoms with Gasteiger partial charge < -0.3 is 10.6 Å². The van der Waals surface area contributed by atoms with Gasteiger partial charge in [0.05, 0.1) is 11.4 Å². The molecule has 0 spiro atoms. The van der Waals surface area contributed by atoms with Gasteiger partial charge in [0.25, 0.3) is 11.8 Å². The maximum atomic E-state index is 12.9. The van der Waals surface area contributed by atoms with Crippen LogP contribution in [0.2, 0.25) is 0 Å². The Labute approximate surface area is 194 Å². The molecule has 172 valence electrons. The second kappa shape index (κ2) is 10.3. The Hall–Kier alpha value is -3.65. The molecular formula is C25H27N3O4S. The van der Waals surface area contributed by atoms with Crippen molar-refractivity contribution in [2.75, 3.05) is 21.1 Å². The van der Waals surface area contributed by atoms with Gasteiger partial charge in [-0.3, -0.25) is 14.3 Å². The summed E-state index contributed by atoms with van der Waals surface area (Å²) < 4.78 is 26.8. The lowest BCUT2D eigenvalue weighted by Gasteiger charge is -2.15. The Morgan fingerprint density at radius 2 is 1.39 bits per heavy atom. The van der Waals surface area contributed by atoms with Gasteiger partial charge in [-0.25, -0.2) is 8.42 Å². The third-order valence-electron chi connectivity index (χ3n) is 5.10. The van der Waals surface area contributed by atoms with E-state index in [9.17, 15) is 18.0 Å². The lowest BCUT2D eigenvalue weighted by atomic mass is 10.1. The number of carbonyl (C=O) groups excluding carboxylic acids is 2. The number of nitrogens with one attached hydrogen (secondary N) is 3. The Kier molecular flexibility index (Phi) is 7.50. The fraction of sp³-hybridized carbons (Fsp3) is 0.200. The fourth-order valence-corrected chi connectivity index (χ4v) is 4.44. The van der Waals surface area contributed by atoms with Gasteiger partial charge in [-0.15, -0.1) is 0 Å². The summed E-state index contributed by atoms with van der Waals surface area (Å²) in [6.07, 6.45) is 0.501. The van der Waals surface area contributed by atoms with E-state index in [-0.39, 0.29) is 17.6 Å². The van der Waals surface area contributed by atoms with Gasteiger partial charge in [-0.1, -0.05) is 37.3 Å². The molecule has 33 heavy (non-hydrogen) atoms. The first kappa shape index (κ1) is 24.0. The lowest BCUT2D eigenvalue weighted by Crippen LogP contribution is -2.18. The molecule has 0 unspecified atom stereocenters. The molecule has 0 saturated heterocycles. The maximum absolute atomic E-state index is 12.9. The molecule has 0 aliphatic carbocycles. The van der Waals surface area contributed by atoms with Crippen LogP contribution in [0.4, 0.5) is 17.1 Å². The van der Waals surface area contributed by atoms with E-state index in [2.05, 4.69) is 15.4 Å². The largest absolute Gasteiger partial charge is 0.322 e. The first-order chi connectivity index (χ1) is 15.7. The SMILES string of the molecule is CCCS(=O)(=O)Nc1cccc(NC(=O)c2ccc(C)c(NC(=O)c3ccccc3)c2)c1C. The van der Waals surface area contributed by atoms with Crippen molar-refractivity contribution in [3.05, 3.63) is 89.0 Å². The summed E-state index contributed by atoms with van der Waals surface area (Å²) in [4.78, 5) is 25.4. The van der Waals surface area contributed by atoms with Crippen molar-refractivity contribution in [3.8, 4) is 0 Å². The van der Waals surface area contributed by atoms with Gasteiger partial charge in [0, 0.05) is 22.5 Å². The van der Waals surface area contributed by atoms with E-state index in [4.69, 9.17) is 0 Å². The van der Waals surface area contributed by atoms with Gasteiger partial charge in [-0.05, 0) is 67.8 Å². The number of carbonyl (C=O) groups is 2. The summed E-state index contributed by atoms with van der Waals surface area (Å²) in [5, 5.41) is 5.68. The van der Waals surface area contributed by atoms with Crippen molar-refractivity contribution in [2.45, 2.75) is 27.2 Å². The molecule has 0 heterocycles. The zero-order chi connectivity index (χ0) is 24.0. The average Bonchev–Trinajstić information content (AvgIpc) is 2.78. The van der Waals surface area contributed by atoms with E-state index in [1.54, 1.807) is 74.5 Å². The summed E-state index contributed by atoms with van der Waals surface area (Å²) in [5.74, 6) is -0.620. The topological polar surface area (TPSA) is 104 Å². The third-order valence-corrected chi connectivity index (χ3v) is 6.58. The molecule has 0 atom stereocenters. The minimum absolute atomic E-state index is 0.0177. The van der Waals surface area contributed by atoms with Crippen LogP contribution in [0.25, 0.3) is 0 Å². The molecule has 3 aromatic rings. The van der Waals surface area contributed by atoms with Crippen molar-refractivity contribution in [2.24, 2.45) is 0 Å². The summed E-state index contributed by atoms with van der Waals surface area (Å²) >= 11 is 0. The average molecular weight is 466 g/mol. The molecule has 0 bridgehead atoms. The summed E-state index contributed by atoms with van der Waals surface area (Å²) in [6.45, 7) is 5.37. The standard InChI is InChI=1S/C25H27N3O4S/c1-4-15-33(31,32)28-22-12-8-11-21(18(22)3)26-25(30)20-14-13-17(2)23(16-20)27-24(29)19-9-6-5-7-10-19/h5-14,16,28H,4,15H2,1-3H3,(H,26,30)(H,27,29). The second-order valence-electron chi connectivity index (χ2n) is 7.70. The second-order valence-corrected chi connectivity index (χ2v) is 9.54. The number of rotatable bonds is 8. The van der Waals surface area contributed by atoms with Crippen molar-refractivity contribution in [1.29, 1.82) is 0 Å². The number of anilines is 3. The molecule has 0 aliphatic heterocycles. The minimum atomic E-state index is -3.45. The Bertz CT molecular complexity index is 1270. The molecule has 0 radical (unpaired) electrons. The number of hydrogen-bond acceptors (Lipinski definition) is 4. The van der Waals surface area contributed by atoms with Crippen LogP contribution < -0.4 is 15.4 Å². The van der Waals surface area contributed by atoms with Crippen LogP contribution in [0.15, 0.2) is 66.7 Å². The molecule has 8 heteroatoms. The molecule has 3 rings (SSSR count). The zero-order valence-corrected chi connectivity index (χ0v) is 19.6. The molecule has 7 nitrogen and oxygen atoms in total. The molecule has 0 fully saturated rings. The summed E-state index contributed by atoms with van der Waals surface area (Å²) in [7, 11) is -3.45. The van der Waals surface area contributed by atoms with Crippen LogP contribution >= 0.6 is 0 Å². The monoisotopic (exact) mass is 465 g/mol. The van der Waals surface area contributed by atoms with Gasteiger partial charge >= 0.3 is 0 Å². The fourth-order valence-electron chi connectivity index (χ4n) is 3.25. The number of amides is 2. The predicted molar refractivity (Wildman–Crippen MR) is 132 cm³/mol. The van der Waals surface area contributed by atoms with E-state index < -0.39 is 10.0 Å². The smallest absolute Gasteiger partial charge is 0.255 e. The lowest BCUT2D eigenvalue weighted by molar-refractivity contribution is 0.101. The van der Waals surface area contributed by atoms with Gasteiger partial charge in [0.15, 0.2) is 0 Å². The van der Waals surface area contributed by atoms with Gasteiger partial charge in [-0.2, -0.15) is 0 Å². The normalized spacial score (nSPS) is 11.0. The number of aryl methyl sites for hydroxylation is 1. The molecule has 0 aromatic heterocycles. The van der Waals surface area contributed by atoms with Crippen molar-refractivity contribution in [3.63, 3.8) is 0 Å². The van der Waals surface area contributed by atoms with Crippen LogP contribution in [0.5, 0.6) is 0 Å². The van der Waals surface area contributed by atoms with Crippen molar-refractivity contribution in [1.82, 2.24) is 0 Å². The molecule has 0 saturated carbocycles. The van der Waals surface area contributed by atoms with Crippen molar-refractivity contribution < 1.29 is 18.0 Å². The predicted octanol–water partition coefficient (Wildman–Crippen LogP) is 4.96. The Balaban J connectivity index is 1.79. The zero-order valence-electron chi connectivity index (χ0n) is 18.8. The van der Waals surface area contributed by atoms with Gasteiger partial charge in [0.2, 0.25) is 10.0 Å².